The summed E-state index contributed by atoms with van der Waals surface area (Å²) >= 11 is 0. The van der Waals surface area contributed by atoms with Crippen LogP contribution in [0.2, 0.25) is 0 Å². The zero-order valence-electron chi connectivity index (χ0n) is 11.4. The number of carbonyl (C=O) groups is 1. The first kappa shape index (κ1) is 13.8. The summed E-state index contributed by atoms with van der Waals surface area (Å²) in [5.74, 6) is -0.987. The minimum atomic E-state index is -0.870. The van der Waals surface area contributed by atoms with E-state index in [4.69, 9.17) is 0 Å². The Morgan fingerprint density at radius 2 is 2.14 bits per heavy atom. The summed E-state index contributed by atoms with van der Waals surface area (Å²) in [5.41, 5.74) is -0.364. The summed E-state index contributed by atoms with van der Waals surface area (Å²) in [4.78, 5) is 24.3. The third-order valence-corrected chi connectivity index (χ3v) is 3.94. The summed E-state index contributed by atoms with van der Waals surface area (Å²) in [6.07, 6.45) is 3.36. The van der Waals surface area contributed by atoms with Crippen molar-refractivity contribution in [2.45, 2.75) is 37.8 Å². The molecule has 0 radical (unpaired) electrons. The number of hydrogen-bond donors (Lipinski definition) is 1. The van der Waals surface area contributed by atoms with Crippen molar-refractivity contribution >= 4 is 17.3 Å². The van der Waals surface area contributed by atoms with E-state index < -0.39 is 22.5 Å². The molecule has 0 bridgehead atoms. The highest BCUT2D eigenvalue weighted by atomic mass is 19.1. The van der Waals surface area contributed by atoms with Crippen LogP contribution in [0.25, 0.3) is 0 Å². The number of halogens is 1. The molecule has 1 N–H and O–H groups in total. The number of carbonyl (C=O) groups excluding carboxylic acids is 1. The van der Waals surface area contributed by atoms with Gasteiger partial charge in [-0.1, -0.05) is 6.07 Å². The maximum atomic E-state index is 13.7. The molecule has 1 saturated carbocycles. The Bertz CT molecular complexity index is 589. The van der Waals surface area contributed by atoms with Crippen LogP contribution in [-0.4, -0.2) is 29.5 Å². The number of anilines is 1. The standard InChI is InChI=1S/C14H16FN3O3/c15-10-3-1-4-11(13(10)18(20)21)17-8-2-5-12(17)14(19)16-9-6-7-9/h1,3-4,9,12H,2,5-8H2,(H,16,19). The number of nitro benzene ring substituents is 1. The fourth-order valence-electron chi connectivity index (χ4n) is 2.77. The van der Waals surface area contributed by atoms with Gasteiger partial charge in [0.1, 0.15) is 11.7 Å². The number of benzene rings is 1. The Morgan fingerprint density at radius 1 is 1.38 bits per heavy atom. The van der Waals surface area contributed by atoms with E-state index in [1.54, 1.807) is 4.90 Å². The average Bonchev–Trinajstić information content (AvgIpc) is 3.11. The molecule has 1 unspecified atom stereocenters. The zero-order valence-corrected chi connectivity index (χ0v) is 11.4. The number of para-hydroxylation sites is 1. The van der Waals surface area contributed by atoms with Gasteiger partial charge in [-0.05, 0) is 37.8 Å². The van der Waals surface area contributed by atoms with E-state index >= 15 is 0 Å². The summed E-state index contributed by atoms with van der Waals surface area (Å²) in [5, 5.41) is 14.0. The highest BCUT2D eigenvalue weighted by Crippen LogP contribution is 2.35. The van der Waals surface area contributed by atoms with Gasteiger partial charge in [0.05, 0.1) is 4.92 Å². The lowest BCUT2D eigenvalue weighted by Gasteiger charge is -2.25. The van der Waals surface area contributed by atoms with Crippen LogP contribution in [-0.2, 0) is 4.79 Å². The third-order valence-electron chi connectivity index (χ3n) is 3.94. The van der Waals surface area contributed by atoms with Crippen LogP contribution in [0.4, 0.5) is 15.8 Å². The van der Waals surface area contributed by atoms with Gasteiger partial charge in [-0.3, -0.25) is 14.9 Å². The molecule has 6 nitrogen and oxygen atoms in total. The normalized spacial score (nSPS) is 21.4. The molecule has 1 aromatic rings. The summed E-state index contributed by atoms with van der Waals surface area (Å²) in [6.45, 7) is 0.521. The lowest BCUT2D eigenvalue weighted by Crippen LogP contribution is -2.44. The lowest BCUT2D eigenvalue weighted by molar-refractivity contribution is -0.386. The van der Waals surface area contributed by atoms with Gasteiger partial charge in [0, 0.05) is 12.6 Å². The molecule has 21 heavy (non-hydrogen) atoms. The molecule has 0 aromatic heterocycles. The smallest absolute Gasteiger partial charge is 0.327 e. The number of nitro groups is 1. The first-order valence-corrected chi connectivity index (χ1v) is 7.08. The third kappa shape index (κ3) is 2.68. The van der Waals surface area contributed by atoms with Gasteiger partial charge >= 0.3 is 5.69 Å². The Morgan fingerprint density at radius 3 is 2.81 bits per heavy atom. The topological polar surface area (TPSA) is 75.5 Å². The summed E-state index contributed by atoms with van der Waals surface area (Å²) in [6, 6.07) is 3.79. The Labute approximate surface area is 121 Å². The van der Waals surface area contributed by atoms with Crippen LogP contribution in [0.15, 0.2) is 18.2 Å². The van der Waals surface area contributed by atoms with Gasteiger partial charge in [0.15, 0.2) is 0 Å². The number of hydrogen-bond acceptors (Lipinski definition) is 4. The van der Waals surface area contributed by atoms with Gasteiger partial charge in [-0.15, -0.1) is 0 Å². The molecule has 1 aromatic carbocycles. The van der Waals surface area contributed by atoms with E-state index in [1.807, 2.05) is 0 Å². The van der Waals surface area contributed by atoms with Crippen LogP contribution in [0.1, 0.15) is 25.7 Å². The second kappa shape index (κ2) is 5.31. The van der Waals surface area contributed by atoms with Crippen LogP contribution in [0, 0.1) is 15.9 Å². The van der Waals surface area contributed by atoms with Crippen molar-refractivity contribution in [2.24, 2.45) is 0 Å². The summed E-state index contributed by atoms with van der Waals surface area (Å²) < 4.78 is 13.7. The summed E-state index contributed by atoms with van der Waals surface area (Å²) in [7, 11) is 0. The van der Waals surface area contributed by atoms with Gasteiger partial charge < -0.3 is 10.2 Å². The SMILES string of the molecule is O=C(NC1CC1)C1CCCN1c1cccc(F)c1[N+](=O)[O-]. The van der Waals surface area contributed by atoms with Crippen LogP contribution < -0.4 is 10.2 Å². The first-order chi connectivity index (χ1) is 10.1. The van der Waals surface area contributed by atoms with E-state index in [2.05, 4.69) is 5.32 Å². The quantitative estimate of drug-likeness (QED) is 0.680. The fraction of sp³-hybridized carbons (Fsp3) is 0.500. The minimum Gasteiger partial charge on any atom is -0.354 e. The Balaban J connectivity index is 1.89. The highest BCUT2D eigenvalue weighted by Gasteiger charge is 2.37. The molecular formula is C14H16FN3O3. The largest absolute Gasteiger partial charge is 0.354 e. The Kier molecular flexibility index (Phi) is 3.48. The van der Waals surface area contributed by atoms with E-state index in [1.165, 1.54) is 12.1 Å². The van der Waals surface area contributed by atoms with E-state index in [9.17, 15) is 19.3 Å². The maximum Gasteiger partial charge on any atom is 0.327 e. The maximum absolute atomic E-state index is 13.7. The second-order valence-corrected chi connectivity index (χ2v) is 5.50. The number of nitrogens with zero attached hydrogens (tertiary/aromatic N) is 2. The molecule has 2 fully saturated rings. The van der Waals surface area contributed by atoms with E-state index in [0.717, 1.165) is 25.3 Å². The van der Waals surface area contributed by atoms with Crippen molar-refractivity contribution in [3.05, 3.63) is 34.1 Å². The van der Waals surface area contributed by atoms with Gasteiger partial charge in [0.25, 0.3) is 0 Å². The average molecular weight is 293 g/mol. The molecule has 0 spiro atoms. The molecule has 1 amide bonds. The first-order valence-electron chi connectivity index (χ1n) is 7.08. The highest BCUT2D eigenvalue weighted by molar-refractivity contribution is 5.87. The molecule has 112 valence electrons. The predicted octanol–water partition coefficient (Wildman–Crippen LogP) is 1.98. The Hall–Kier alpha value is -2.18. The van der Waals surface area contributed by atoms with Crippen molar-refractivity contribution < 1.29 is 14.1 Å². The molecular weight excluding hydrogens is 277 g/mol. The van der Waals surface area contributed by atoms with Crippen molar-refractivity contribution in [3.8, 4) is 0 Å². The minimum absolute atomic E-state index is 0.117. The molecule has 7 heteroatoms. The molecule has 2 aliphatic rings. The van der Waals surface area contributed by atoms with Crippen molar-refractivity contribution in [1.29, 1.82) is 0 Å². The molecule has 1 atom stereocenters. The number of amides is 1. The van der Waals surface area contributed by atoms with Crippen molar-refractivity contribution in [3.63, 3.8) is 0 Å². The molecule has 1 heterocycles. The second-order valence-electron chi connectivity index (χ2n) is 5.50. The molecule has 1 saturated heterocycles. The monoisotopic (exact) mass is 293 g/mol. The van der Waals surface area contributed by atoms with Crippen LogP contribution >= 0.6 is 0 Å². The zero-order chi connectivity index (χ0) is 15.0. The molecule has 1 aliphatic carbocycles. The van der Waals surface area contributed by atoms with Crippen molar-refractivity contribution in [2.75, 3.05) is 11.4 Å². The van der Waals surface area contributed by atoms with E-state index in [-0.39, 0.29) is 17.6 Å². The lowest BCUT2D eigenvalue weighted by atomic mass is 10.1. The van der Waals surface area contributed by atoms with Gasteiger partial charge in [-0.25, -0.2) is 0 Å². The van der Waals surface area contributed by atoms with Gasteiger partial charge in [-0.2, -0.15) is 4.39 Å². The number of nitrogens with one attached hydrogen (secondary N) is 1. The van der Waals surface area contributed by atoms with Crippen LogP contribution in [0.3, 0.4) is 0 Å². The van der Waals surface area contributed by atoms with Crippen molar-refractivity contribution in [1.82, 2.24) is 5.32 Å². The van der Waals surface area contributed by atoms with Gasteiger partial charge in [0.2, 0.25) is 11.7 Å². The number of rotatable bonds is 4. The van der Waals surface area contributed by atoms with Crippen LogP contribution in [0.5, 0.6) is 0 Å². The fourth-order valence-corrected chi connectivity index (χ4v) is 2.77. The molecule has 3 rings (SSSR count). The molecule has 1 aliphatic heterocycles. The predicted molar refractivity (Wildman–Crippen MR) is 74.6 cm³/mol. The van der Waals surface area contributed by atoms with E-state index in [0.29, 0.717) is 13.0 Å².